The molecule has 158 valence electrons. The number of carbonyl (C=O) groups excluding carboxylic acids is 1. The highest BCUT2D eigenvalue weighted by molar-refractivity contribution is 9.10. The molecule has 0 radical (unpaired) electrons. The Hall–Kier alpha value is -1.19. The summed E-state index contributed by atoms with van der Waals surface area (Å²) < 4.78 is 9.23. The van der Waals surface area contributed by atoms with E-state index >= 15 is 0 Å². The number of phenolic OH excluding ortho intramolecular Hbond substituents is 1. The predicted octanol–water partition coefficient (Wildman–Crippen LogP) is 2.24. The fourth-order valence-electron chi connectivity index (χ4n) is 3.23. The average molecular weight is 519 g/mol. The summed E-state index contributed by atoms with van der Waals surface area (Å²) in [5, 5.41) is 13.5. The van der Waals surface area contributed by atoms with Crippen LogP contribution in [0.3, 0.4) is 0 Å². The van der Waals surface area contributed by atoms with Gasteiger partial charge in [-0.2, -0.15) is 0 Å². The summed E-state index contributed by atoms with van der Waals surface area (Å²) in [5.74, 6) is 0.450. The number of ether oxygens (including phenoxy) is 1. The monoisotopic (exact) mass is 517 g/mol. The van der Waals surface area contributed by atoms with Gasteiger partial charge in [-0.05, 0) is 54.5 Å². The van der Waals surface area contributed by atoms with Crippen LogP contribution in [0.15, 0.2) is 32.3 Å². The van der Waals surface area contributed by atoms with Crippen LogP contribution >= 0.6 is 39.0 Å². The van der Waals surface area contributed by atoms with Gasteiger partial charge in [0.15, 0.2) is 0 Å². The second-order valence-corrected chi connectivity index (χ2v) is 9.72. The summed E-state index contributed by atoms with van der Waals surface area (Å²) in [6, 6.07) is 5.96. The number of aryl methyl sites for hydroxylation is 1. The van der Waals surface area contributed by atoms with Crippen LogP contribution in [0, 0.1) is 0 Å². The van der Waals surface area contributed by atoms with Crippen LogP contribution < -0.4 is 12.4 Å². The molecule has 0 fully saturated rings. The van der Waals surface area contributed by atoms with Gasteiger partial charge in [0.1, 0.15) is 5.75 Å². The van der Waals surface area contributed by atoms with E-state index in [-0.39, 0.29) is 24.1 Å². The molecule has 1 aromatic carbocycles. The Morgan fingerprint density at radius 2 is 2.14 bits per heavy atom. The largest absolute Gasteiger partial charge is 1.00 e. The Morgan fingerprint density at radius 1 is 1.41 bits per heavy atom. The maximum atomic E-state index is 12.9. The van der Waals surface area contributed by atoms with Gasteiger partial charge in [-0.3, -0.25) is 0 Å². The van der Waals surface area contributed by atoms with Crippen LogP contribution in [-0.4, -0.2) is 41.2 Å². The van der Waals surface area contributed by atoms with E-state index in [0.717, 1.165) is 22.2 Å². The highest BCUT2D eigenvalue weighted by Gasteiger charge is 2.27. The number of benzene rings is 1. The Bertz CT molecular complexity index is 1000. The number of fused-ring (bicyclic) bond motifs is 1. The van der Waals surface area contributed by atoms with Crippen molar-refractivity contribution in [3.8, 4) is 5.75 Å². The minimum absolute atomic E-state index is 0. The van der Waals surface area contributed by atoms with Crippen molar-refractivity contribution in [1.82, 2.24) is 9.47 Å². The van der Waals surface area contributed by atoms with Crippen molar-refractivity contribution in [2.75, 3.05) is 20.7 Å². The molecule has 0 unspecified atom stereocenters. The van der Waals surface area contributed by atoms with E-state index in [4.69, 9.17) is 4.74 Å². The van der Waals surface area contributed by atoms with Gasteiger partial charge in [0.25, 0.3) is 0 Å². The van der Waals surface area contributed by atoms with Crippen molar-refractivity contribution in [2.24, 2.45) is 7.05 Å². The SMILES string of the molecule is CCOC(=O)c1c(CSc2cccs2)n(C)c2cc(Br)c(O)c(CN(C)C)c12.[Cl-]. The third-order valence-electron chi connectivity index (χ3n) is 4.44. The fourth-order valence-corrected chi connectivity index (χ4v) is 5.54. The van der Waals surface area contributed by atoms with Crippen molar-refractivity contribution in [2.45, 2.75) is 23.4 Å². The molecule has 29 heavy (non-hydrogen) atoms. The van der Waals surface area contributed by atoms with Gasteiger partial charge < -0.3 is 31.7 Å². The number of hydrogen-bond acceptors (Lipinski definition) is 6. The fraction of sp³-hybridized carbons (Fsp3) is 0.350. The average Bonchev–Trinajstić information content (AvgIpc) is 3.24. The summed E-state index contributed by atoms with van der Waals surface area (Å²) in [6.45, 7) is 2.62. The van der Waals surface area contributed by atoms with E-state index in [2.05, 4.69) is 22.0 Å². The number of nitrogens with zero attached hydrogens (tertiary/aromatic N) is 2. The molecular formula is C20H23BrClN2O3S2-. The lowest BCUT2D eigenvalue weighted by Crippen LogP contribution is -3.00. The lowest BCUT2D eigenvalue weighted by Gasteiger charge is -2.15. The molecule has 0 amide bonds. The number of thioether (sulfide) groups is 1. The molecule has 0 aliphatic carbocycles. The number of esters is 1. The van der Waals surface area contributed by atoms with E-state index in [9.17, 15) is 9.90 Å². The van der Waals surface area contributed by atoms with E-state index in [1.165, 1.54) is 4.21 Å². The molecule has 3 rings (SSSR count). The zero-order chi connectivity index (χ0) is 20.4. The number of phenols is 1. The van der Waals surface area contributed by atoms with Crippen molar-refractivity contribution < 1.29 is 27.0 Å². The molecular weight excluding hydrogens is 496 g/mol. The van der Waals surface area contributed by atoms with Crippen LogP contribution in [0.4, 0.5) is 0 Å². The first-order valence-electron chi connectivity index (χ1n) is 8.84. The number of rotatable bonds is 7. The smallest absolute Gasteiger partial charge is 0.340 e. The zero-order valence-electron chi connectivity index (χ0n) is 16.7. The standard InChI is InChI=1S/C20H23BrN2O3S2.ClH/c1-5-26-20(25)18-15(11-28-16-7-6-8-27-16)23(4)14-9-13(21)19(24)12(17(14)18)10-22(2)3;/h6-9,24H,5,10-11H2,1-4H3;1H/p-1. The summed E-state index contributed by atoms with van der Waals surface area (Å²) in [6.07, 6.45) is 0. The van der Waals surface area contributed by atoms with Crippen LogP contribution in [0.25, 0.3) is 10.9 Å². The molecule has 0 aliphatic heterocycles. The maximum absolute atomic E-state index is 12.9. The second-order valence-electron chi connectivity index (χ2n) is 6.64. The molecule has 2 aromatic heterocycles. The third-order valence-corrected chi connectivity index (χ3v) is 7.19. The van der Waals surface area contributed by atoms with E-state index in [1.54, 1.807) is 30.0 Å². The van der Waals surface area contributed by atoms with Crippen LogP contribution in [0.2, 0.25) is 0 Å². The molecule has 0 saturated carbocycles. The van der Waals surface area contributed by atoms with Crippen LogP contribution in [0.5, 0.6) is 5.75 Å². The predicted molar refractivity (Wildman–Crippen MR) is 120 cm³/mol. The number of aromatic nitrogens is 1. The molecule has 0 saturated heterocycles. The highest BCUT2D eigenvalue weighted by Crippen LogP contribution is 2.41. The third kappa shape index (κ3) is 4.94. The number of aromatic hydroxyl groups is 1. The topological polar surface area (TPSA) is 54.7 Å². The summed E-state index contributed by atoms with van der Waals surface area (Å²) in [7, 11) is 5.83. The minimum Gasteiger partial charge on any atom is -1.00 e. The normalized spacial score (nSPS) is 11.1. The zero-order valence-corrected chi connectivity index (χ0v) is 20.6. The Balaban J connectivity index is 0.00000300. The Morgan fingerprint density at radius 3 is 2.72 bits per heavy atom. The Kier molecular flexibility index (Phi) is 8.48. The molecule has 2 heterocycles. The molecule has 9 heteroatoms. The number of hydrogen-bond donors (Lipinski definition) is 1. The van der Waals surface area contributed by atoms with Gasteiger partial charge in [0.05, 0.1) is 26.4 Å². The first kappa shape index (κ1) is 24.1. The summed E-state index contributed by atoms with van der Waals surface area (Å²) in [5.41, 5.74) is 3.05. The molecule has 0 bridgehead atoms. The maximum Gasteiger partial charge on any atom is 0.340 e. The van der Waals surface area contributed by atoms with Crippen molar-refractivity contribution in [3.05, 3.63) is 44.9 Å². The van der Waals surface area contributed by atoms with Gasteiger partial charge in [-0.1, -0.05) is 6.07 Å². The first-order chi connectivity index (χ1) is 13.3. The Labute approximate surface area is 193 Å². The lowest BCUT2D eigenvalue weighted by molar-refractivity contribution is -0.0000249. The van der Waals surface area contributed by atoms with E-state index in [0.29, 0.717) is 28.9 Å². The lowest BCUT2D eigenvalue weighted by atomic mass is 10.0. The molecule has 1 N–H and O–H groups in total. The van der Waals surface area contributed by atoms with Crippen LogP contribution in [0.1, 0.15) is 28.5 Å². The summed E-state index contributed by atoms with van der Waals surface area (Å²) >= 11 is 6.83. The molecule has 5 nitrogen and oxygen atoms in total. The van der Waals surface area contributed by atoms with Gasteiger partial charge in [-0.25, -0.2) is 4.79 Å². The first-order valence-corrected chi connectivity index (χ1v) is 11.5. The van der Waals surface area contributed by atoms with Gasteiger partial charge in [0, 0.05) is 36.0 Å². The minimum atomic E-state index is -0.350. The second kappa shape index (κ2) is 10.2. The van der Waals surface area contributed by atoms with Crippen molar-refractivity contribution in [3.63, 3.8) is 0 Å². The van der Waals surface area contributed by atoms with E-state index < -0.39 is 0 Å². The highest BCUT2D eigenvalue weighted by atomic mass is 79.9. The van der Waals surface area contributed by atoms with Crippen molar-refractivity contribution >= 4 is 55.9 Å². The van der Waals surface area contributed by atoms with Crippen LogP contribution in [-0.2, 0) is 24.1 Å². The molecule has 0 atom stereocenters. The van der Waals surface area contributed by atoms with Gasteiger partial charge >= 0.3 is 5.97 Å². The van der Waals surface area contributed by atoms with Crippen molar-refractivity contribution in [1.29, 1.82) is 0 Å². The quantitative estimate of drug-likeness (QED) is 0.384. The molecule has 3 aromatic rings. The van der Waals surface area contributed by atoms with Gasteiger partial charge in [0.2, 0.25) is 0 Å². The van der Waals surface area contributed by atoms with E-state index in [1.807, 2.05) is 48.1 Å². The molecule has 0 spiro atoms. The summed E-state index contributed by atoms with van der Waals surface area (Å²) in [4.78, 5) is 14.9. The number of thiophene rings is 1. The molecule has 0 aliphatic rings. The number of carbonyl (C=O) groups is 1. The number of halogens is 2. The van der Waals surface area contributed by atoms with Gasteiger partial charge in [-0.15, -0.1) is 23.1 Å².